The van der Waals surface area contributed by atoms with Gasteiger partial charge in [-0.1, -0.05) is 30.4 Å². The van der Waals surface area contributed by atoms with Crippen LogP contribution >= 0.6 is 0 Å². The molecule has 2 unspecified atom stereocenters. The molecule has 0 radical (unpaired) electrons. The van der Waals surface area contributed by atoms with Crippen molar-refractivity contribution in [3.63, 3.8) is 0 Å². The number of anilines is 1. The molecule has 1 aromatic carbocycles. The predicted molar refractivity (Wildman–Crippen MR) is 81.6 cm³/mol. The molecule has 2 atom stereocenters. The maximum Gasteiger partial charge on any atom is 0.231 e. The van der Waals surface area contributed by atoms with Crippen LogP contribution in [0.2, 0.25) is 0 Å². The van der Waals surface area contributed by atoms with Crippen LogP contribution in [0.4, 0.5) is 5.69 Å². The maximum atomic E-state index is 12.3. The van der Waals surface area contributed by atoms with Crippen molar-refractivity contribution in [2.45, 2.75) is 19.0 Å². The van der Waals surface area contributed by atoms with E-state index in [1.807, 2.05) is 53.4 Å². The van der Waals surface area contributed by atoms with E-state index < -0.39 is 0 Å². The highest BCUT2D eigenvalue weighted by molar-refractivity contribution is 5.94. The first-order valence-electron chi connectivity index (χ1n) is 7.02. The van der Waals surface area contributed by atoms with E-state index >= 15 is 0 Å². The minimum absolute atomic E-state index is 0.00730. The Balaban J connectivity index is 1.73. The summed E-state index contributed by atoms with van der Waals surface area (Å²) in [6.45, 7) is 0.628. The van der Waals surface area contributed by atoms with Crippen LogP contribution in [-0.2, 0) is 11.3 Å². The van der Waals surface area contributed by atoms with Crippen molar-refractivity contribution in [1.29, 1.82) is 0 Å². The number of hydrogen-bond acceptors (Lipinski definition) is 3. The molecular weight excluding hydrogens is 264 g/mol. The van der Waals surface area contributed by atoms with Gasteiger partial charge >= 0.3 is 0 Å². The molecular formula is C16H18N4O. The van der Waals surface area contributed by atoms with Crippen molar-refractivity contribution in [3.8, 4) is 0 Å². The monoisotopic (exact) mass is 282 g/mol. The molecule has 1 amide bonds. The Kier molecular flexibility index (Phi) is 3.83. The lowest BCUT2D eigenvalue weighted by Crippen LogP contribution is -2.24. The number of amides is 1. The number of nitrogens with two attached hydrogens (primary N) is 1. The number of nitrogens with one attached hydrogen (secondary N) is 1. The Labute approximate surface area is 123 Å². The van der Waals surface area contributed by atoms with Gasteiger partial charge in [0.25, 0.3) is 0 Å². The number of rotatable bonds is 4. The molecule has 5 heteroatoms. The highest BCUT2D eigenvalue weighted by atomic mass is 16.1. The van der Waals surface area contributed by atoms with Crippen molar-refractivity contribution in [1.82, 2.24) is 9.78 Å². The Bertz CT molecular complexity index is 648. The van der Waals surface area contributed by atoms with Gasteiger partial charge in [-0.25, -0.2) is 0 Å². The minimum Gasteiger partial charge on any atom is -0.325 e. The second kappa shape index (κ2) is 5.93. The van der Waals surface area contributed by atoms with E-state index in [-0.39, 0.29) is 17.9 Å². The van der Waals surface area contributed by atoms with Gasteiger partial charge in [0.1, 0.15) is 0 Å². The molecule has 3 rings (SSSR count). The van der Waals surface area contributed by atoms with Gasteiger partial charge in [0.2, 0.25) is 5.91 Å². The summed E-state index contributed by atoms with van der Waals surface area (Å²) < 4.78 is 1.83. The van der Waals surface area contributed by atoms with Gasteiger partial charge in [0.15, 0.2) is 0 Å². The summed E-state index contributed by atoms with van der Waals surface area (Å²) in [6.07, 6.45) is 8.09. The normalized spacial score (nSPS) is 20.6. The fourth-order valence-corrected chi connectivity index (χ4v) is 2.50. The summed E-state index contributed by atoms with van der Waals surface area (Å²) in [5.41, 5.74) is 7.65. The van der Waals surface area contributed by atoms with Gasteiger partial charge in [-0.3, -0.25) is 9.48 Å². The molecule has 0 saturated heterocycles. The topological polar surface area (TPSA) is 72.9 Å². The molecule has 2 aromatic rings. The zero-order chi connectivity index (χ0) is 14.7. The van der Waals surface area contributed by atoms with Crippen LogP contribution in [0.15, 0.2) is 54.9 Å². The van der Waals surface area contributed by atoms with Gasteiger partial charge in [-0.2, -0.15) is 5.10 Å². The summed E-state index contributed by atoms with van der Waals surface area (Å²) in [4.78, 5) is 12.3. The predicted octanol–water partition coefficient (Wildman–Crippen LogP) is 1.77. The molecule has 1 aromatic heterocycles. The molecule has 21 heavy (non-hydrogen) atoms. The van der Waals surface area contributed by atoms with Crippen LogP contribution in [0.3, 0.4) is 0 Å². The van der Waals surface area contributed by atoms with Gasteiger partial charge < -0.3 is 11.1 Å². The van der Waals surface area contributed by atoms with E-state index in [4.69, 9.17) is 5.73 Å². The fourth-order valence-electron chi connectivity index (χ4n) is 2.50. The first-order chi connectivity index (χ1) is 10.2. The van der Waals surface area contributed by atoms with Gasteiger partial charge in [0.05, 0.1) is 12.5 Å². The Hall–Kier alpha value is -2.40. The van der Waals surface area contributed by atoms with Crippen LogP contribution in [0, 0.1) is 5.92 Å². The zero-order valence-electron chi connectivity index (χ0n) is 11.6. The number of hydrogen-bond donors (Lipinski definition) is 2. The number of para-hydroxylation sites is 1. The van der Waals surface area contributed by atoms with E-state index in [9.17, 15) is 4.79 Å². The maximum absolute atomic E-state index is 12.3. The summed E-state index contributed by atoms with van der Waals surface area (Å²) in [5.74, 6) is -0.148. The molecule has 1 aliphatic carbocycles. The molecule has 0 spiro atoms. The van der Waals surface area contributed by atoms with Crippen molar-refractivity contribution < 1.29 is 4.79 Å². The summed E-state index contributed by atoms with van der Waals surface area (Å²) in [5, 5.41) is 7.19. The number of carbonyl (C=O) groups is 1. The number of nitrogens with zero attached hydrogens (tertiary/aromatic N) is 2. The molecule has 0 aliphatic heterocycles. The van der Waals surface area contributed by atoms with E-state index in [2.05, 4.69) is 10.4 Å². The Morgan fingerprint density at radius 1 is 1.33 bits per heavy atom. The highest BCUT2D eigenvalue weighted by Crippen LogP contribution is 2.21. The van der Waals surface area contributed by atoms with Gasteiger partial charge in [-0.05, 0) is 24.1 Å². The van der Waals surface area contributed by atoms with Crippen LogP contribution in [0.25, 0.3) is 0 Å². The lowest BCUT2D eigenvalue weighted by Gasteiger charge is -2.14. The van der Waals surface area contributed by atoms with Crippen molar-refractivity contribution in [2.24, 2.45) is 11.7 Å². The number of aromatic nitrogens is 2. The Morgan fingerprint density at radius 3 is 2.90 bits per heavy atom. The van der Waals surface area contributed by atoms with Crippen molar-refractivity contribution in [3.05, 3.63) is 60.4 Å². The summed E-state index contributed by atoms with van der Waals surface area (Å²) >= 11 is 0. The largest absolute Gasteiger partial charge is 0.325 e. The lowest BCUT2D eigenvalue weighted by molar-refractivity contribution is -0.118. The smallest absolute Gasteiger partial charge is 0.231 e. The molecule has 108 valence electrons. The second-order valence-corrected chi connectivity index (χ2v) is 5.24. The average Bonchev–Trinajstić information content (AvgIpc) is 3.12. The highest BCUT2D eigenvalue weighted by Gasteiger charge is 2.23. The molecule has 0 saturated carbocycles. The third kappa shape index (κ3) is 3.20. The standard InChI is InChI=1S/C16H18N4O/c17-14-7-6-12(10-14)16(21)19-15-5-2-1-4-13(15)11-20-9-3-8-18-20/h1-9,12,14H,10-11,17H2,(H,19,21). The van der Waals surface area contributed by atoms with Crippen molar-refractivity contribution >= 4 is 11.6 Å². The van der Waals surface area contributed by atoms with Crippen LogP contribution in [0.1, 0.15) is 12.0 Å². The fraction of sp³-hybridized carbons (Fsp3) is 0.250. The SMILES string of the molecule is NC1C=CC(C(=O)Nc2ccccc2Cn2cccn2)C1. The molecule has 5 nitrogen and oxygen atoms in total. The van der Waals surface area contributed by atoms with Crippen LogP contribution < -0.4 is 11.1 Å². The van der Waals surface area contributed by atoms with E-state index in [1.165, 1.54) is 0 Å². The zero-order valence-corrected chi connectivity index (χ0v) is 11.6. The Morgan fingerprint density at radius 2 is 2.19 bits per heavy atom. The molecule has 0 fully saturated rings. The minimum atomic E-state index is -0.141. The average molecular weight is 282 g/mol. The first kappa shape index (κ1) is 13.6. The van der Waals surface area contributed by atoms with E-state index in [1.54, 1.807) is 6.20 Å². The lowest BCUT2D eigenvalue weighted by atomic mass is 10.1. The number of carbonyl (C=O) groups excluding carboxylic acids is 1. The summed E-state index contributed by atoms with van der Waals surface area (Å²) in [7, 11) is 0. The molecule has 1 heterocycles. The van der Waals surface area contributed by atoms with Crippen molar-refractivity contribution in [2.75, 3.05) is 5.32 Å². The van der Waals surface area contributed by atoms with Crippen LogP contribution in [0.5, 0.6) is 0 Å². The van der Waals surface area contributed by atoms with Crippen LogP contribution in [-0.4, -0.2) is 21.7 Å². The quantitative estimate of drug-likeness (QED) is 0.839. The van der Waals surface area contributed by atoms with E-state index in [0.29, 0.717) is 13.0 Å². The van der Waals surface area contributed by atoms with Gasteiger partial charge in [0, 0.05) is 24.1 Å². The molecule has 0 bridgehead atoms. The van der Waals surface area contributed by atoms with E-state index in [0.717, 1.165) is 11.3 Å². The summed E-state index contributed by atoms with van der Waals surface area (Å²) in [6, 6.07) is 9.65. The first-order valence-corrected chi connectivity index (χ1v) is 7.02. The van der Waals surface area contributed by atoms with Gasteiger partial charge in [-0.15, -0.1) is 0 Å². The number of benzene rings is 1. The molecule has 3 N–H and O–H groups in total. The molecule has 1 aliphatic rings. The third-order valence-corrected chi connectivity index (χ3v) is 3.62. The third-order valence-electron chi connectivity index (χ3n) is 3.62. The second-order valence-electron chi connectivity index (χ2n) is 5.24.